The predicted octanol–water partition coefficient (Wildman–Crippen LogP) is 2.21. The number of nitrogens with zero attached hydrogens (tertiary/aromatic N) is 1. The molecule has 0 aromatic rings. The first-order valence-electron chi connectivity index (χ1n) is 5.55. The lowest BCUT2D eigenvalue weighted by Crippen LogP contribution is -2.48. The van der Waals surface area contributed by atoms with Crippen molar-refractivity contribution in [1.82, 2.24) is 4.90 Å². The summed E-state index contributed by atoms with van der Waals surface area (Å²) in [4.78, 5) is 2.11. The third kappa shape index (κ3) is 2.93. The van der Waals surface area contributed by atoms with E-state index >= 15 is 0 Å². The maximum Gasteiger partial charge on any atom is 0.0946 e. The highest BCUT2D eigenvalue weighted by Gasteiger charge is 2.34. The van der Waals surface area contributed by atoms with Gasteiger partial charge >= 0.3 is 0 Å². The zero-order chi connectivity index (χ0) is 11.6. The quantitative estimate of drug-likeness (QED) is 0.770. The van der Waals surface area contributed by atoms with Crippen LogP contribution in [0, 0.1) is 5.41 Å². The summed E-state index contributed by atoms with van der Waals surface area (Å²) in [5.74, 6) is 0. The molecule has 0 saturated carbocycles. The Bertz CT molecular complexity index is 271. The average molecular weight is 209 g/mol. The lowest BCUT2D eigenvalue weighted by molar-refractivity contribution is 0.0369. The van der Waals surface area contributed by atoms with Crippen molar-refractivity contribution in [2.45, 2.75) is 39.3 Å². The van der Waals surface area contributed by atoms with E-state index in [9.17, 15) is 5.11 Å². The molecule has 15 heavy (non-hydrogen) atoms. The van der Waals surface area contributed by atoms with Gasteiger partial charge in [0.15, 0.2) is 0 Å². The van der Waals surface area contributed by atoms with Gasteiger partial charge in [-0.05, 0) is 31.5 Å². The van der Waals surface area contributed by atoms with E-state index in [1.54, 1.807) is 0 Å². The minimum absolute atomic E-state index is 0.0696. The highest BCUT2D eigenvalue weighted by atomic mass is 16.3. The van der Waals surface area contributed by atoms with Crippen molar-refractivity contribution in [3.63, 3.8) is 0 Å². The second-order valence-corrected chi connectivity index (χ2v) is 5.56. The molecule has 0 radical (unpaired) electrons. The van der Waals surface area contributed by atoms with E-state index in [0.717, 1.165) is 12.0 Å². The molecule has 0 aromatic carbocycles. The van der Waals surface area contributed by atoms with Gasteiger partial charge in [-0.15, -0.1) is 0 Å². The minimum Gasteiger partial charge on any atom is -0.387 e. The van der Waals surface area contributed by atoms with Gasteiger partial charge in [0, 0.05) is 6.04 Å². The number of hydrogen-bond donors (Lipinski definition) is 1. The predicted molar refractivity (Wildman–Crippen MR) is 64.8 cm³/mol. The van der Waals surface area contributed by atoms with Crippen LogP contribution in [0.5, 0.6) is 0 Å². The molecule has 1 aliphatic rings. The molecule has 0 spiro atoms. The smallest absolute Gasteiger partial charge is 0.0946 e. The summed E-state index contributed by atoms with van der Waals surface area (Å²) in [5.41, 5.74) is 1.13. The summed E-state index contributed by atoms with van der Waals surface area (Å²) in [5, 5.41) is 10.4. The lowest BCUT2D eigenvalue weighted by atomic mass is 9.80. The third-order valence-electron chi connectivity index (χ3n) is 2.88. The van der Waals surface area contributed by atoms with E-state index in [4.69, 9.17) is 0 Å². The molecule has 1 N–H and O–H groups in total. The van der Waals surface area contributed by atoms with Gasteiger partial charge < -0.3 is 10.0 Å². The van der Waals surface area contributed by atoms with Gasteiger partial charge in [0.1, 0.15) is 0 Å². The molecular formula is C13H23NO. The number of allylic oxidation sites excluding steroid dienone is 2. The first kappa shape index (κ1) is 12.5. The Balaban J connectivity index is 2.85. The van der Waals surface area contributed by atoms with E-state index in [0.29, 0.717) is 0 Å². The van der Waals surface area contributed by atoms with Gasteiger partial charge in [-0.1, -0.05) is 39.0 Å². The molecule has 2 heteroatoms. The summed E-state index contributed by atoms with van der Waals surface area (Å²) in [6, 6.07) is 0.145. The maximum atomic E-state index is 10.4. The summed E-state index contributed by atoms with van der Waals surface area (Å²) >= 11 is 0. The molecule has 2 nitrogen and oxygen atoms in total. The number of aliphatic hydroxyl groups excluding tert-OH is 1. The van der Waals surface area contributed by atoms with Crippen LogP contribution in [-0.4, -0.2) is 36.2 Å². The van der Waals surface area contributed by atoms with Crippen molar-refractivity contribution < 1.29 is 5.11 Å². The van der Waals surface area contributed by atoms with Crippen molar-refractivity contribution >= 4 is 0 Å². The Morgan fingerprint density at radius 2 is 1.93 bits per heavy atom. The Hall–Kier alpha value is -0.600. The van der Waals surface area contributed by atoms with Crippen LogP contribution in [0.25, 0.3) is 0 Å². The summed E-state index contributed by atoms with van der Waals surface area (Å²) in [6.07, 6.45) is 6.79. The van der Waals surface area contributed by atoms with Crippen LogP contribution in [0.1, 0.15) is 27.2 Å². The topological polar surface area (TPSA) is 23.5 Å². The second kappa shape index (κ2) is 4.50. The normalized spacial score (nSPS) is 20.6. The standard InChI is InChI=1S/C13H23NO/c1-13(2,3)12(14(4)5)11(15)10-8-6-7-9-10/h6,8-9,11-12,15H,7H2,1-5H3/t11-,12+/m1/s1. The molecule has 1 rings (SSSR count). The van der Waals surface area contributed by atoms with Gasteiger partial charge in [0.2, 0.25) is 0 Å². The van der Waals surface area contributed by atoms with Crippen LogP contribution in [-0.2, 0) is 0 Å². The van der Waals surface area contributed by atoms with Crippen LogP contribution < -0.4 is 0 Å². The molecule has 1 aliphatic carbocycles. The minimum atomic E-state index is -0.390. The Morgan fingerprint density at radius 3 is 2.27 bits per heavy atom. The monoisotopic (exact) mass is 209 g/mol. The van der Waals surface area contributed by atoms with E-state index in [1.165, 1.54) is 0 Å². The van der Waals surface area contributed by atoms with Crippen LogP contribution in [0.15, 0.2) is 23.8 Å². The van der Waals surface area contributed by atoms with Crippen molar-refractivity contribution in [2.75, 3.05) is 14.1 Å². The molecule has 0 aromatic heterocycles. The molecule has 0 fully saturated rings. The fourth-order valence-corrected chi connectivity index (χ4v) is 2.41. The van der Waals surface area contributed by atoms with Crippen LogP contribution in [0.4, 0.5) is 0 Å². The van der Waals surface area contributed by atoms with Crippen molar-refractivity contribution in [3.8, 4) is 0 Å². The lowest BCUT2D eigenvalue weighted by Gasteiger charge is -2.39. The highest BCUT2D eigenvalue weighted by molar-refractivity contribution is 5.31. The largest absolute Gasteiger partial charge is 0.387 e. The maximum absolute atomic E-state index is 10.4. The molecule has 0 heterocycles. The van der Waals surface area contributed by atoms with Gasteiger partial charge in [-0.3, -0.25) is 0 Å². The molecule has 2 atom stereocenters. The first-order valence-corrected chi connectivity index (χ1v) is 5.55. The highest BCUT2D eigenvalue weighted by Crippen LogP contribution is 2.30. The molecule has 0 saturated heterocycles. The summed E-state index contributed by atoms with van der Waals surface area (Å²) in [7, 11) is 4.05. The van der Waals surface area contributed by atoms with Crippen molar-refractivity contribution in [3.05, 3.63) is 23.8 Å². The van der Waals surface area contributed by atoms with Gasteiger partial charge in [-0.2, -0.15) is 0 Å². The van der Waals surface area contributed by atoms with E-state index in [2.05, 4.69) is 37.8 Å². The van der Waals surface area contributed by atoms with E-state index < -0.39 is 6.10 Å². The molecule has 0 unspecified atom stereocenters. The van der Waals surface area contributed by atoms with Crippen LogP contribution >= 0.6 is 0 Å². The Morgan fingerprint density at radius 1 is 1.33 bits per heavy atom. The zero-order valence-electron chi connectivity index (χ0n) is 10.5. The number of likely N-dealkylation sites (N-methyl/N-ethyl adjacent to an activating group) is 1. The van der Waals surface area contributed by atoms with Crippen LogP contribution in [0.2, 0.25) is 0 Å². The fraction of sp³-hybridized carbons (Fsp3) is 0.692. The molecule has 86 valence electrons. The van der Waals surface area contributed by atoms with E-state index in [1.807, 2.05) is 20.2 Å². The van der Waals surface area contributed by atoms with Gasteiger partial charge in [-0.25, -0.2) is 0 Å². The molecular weight excluding hydrogens is 186 g/mol. The van der Waals surface area contributed by atoms with Crippen molar-refractivity contribution in [2.24, 2.45) is 5.41 Å². The Labute approximate surface area is 93.3 Å². The zero-order valence-corrected chi connectivity index (χ0v) is 10.5. The van der Waals surface area contributed by atoms with Gasteiger partial charge in [0.05, 0.1) is 6.10 Å². The second-order valence-electron chi connectivity index (χ2n) is 5.56. The first-order chi connectivity index (χ1) is 6.84. The Kier molecular flexibility index (Phi) is 3.74. The van der Waals surface area contributed by atoms with Crippen molar-refractivity contribution in [1.29, 1.82) is 0 Å². The fourth-order valence-electron chi connectivity index (χ4n) is 2.41. The third-order valence-corrected chi connectivity index (χ3v) is 2.88. The van der Waals surface area contributed by atoms with E-state index in [-0.39, 0.29) is 11.5 Å². The SMILES string of the molecule is CN(C)[C@@H]([C@H](O)C1=CCC=C1)C(C)(C)C. The number of rotatable bonds is 3. The number of aliphatic hydroxyl groups is 1. The van der Waals surface area contributed by atoms with Crippen LogP contribution in [0.3, 0.4) is 0 Å². The molecule has 0 aliphatic heterocycles. The molecule has 0 bridgehead atoms. The van der Waals surface area contributed by atoms with Gasteiger partial charge in [0.25, 0.3) is 0 Å². The summed E-state index contributed by atoms with van der Waals surface area (Å²) < 4.78 is 0. The summed E-state index contributed by atoms with van der Waals surface area (Å²) in [6.45, 7) is 6.50. The average Bonchev–Trinajstić information content (AvgIpc) is 2.51. The number of hydrogen-bond acceptors (Lipinski definition) is 2. The molecule has 0 amide bonds.